The standard InChI is InChI=1S/C17H17FN2O4S/c18-11-5-3-10(4-6-11)12(17(22)23)8-19-15(21)13-9-25-16(20-13)14-2-1-7-24-14/h3-6,9,12,14H,1-2,7-8H2,(H,19,21)(H,22,23). The van der Waals surface area contributed by atoms with Crippen LogP contribution >= 0.6 is 11.3 Å². The lowest BCUT2D eigenvalue weighted by Crippen LogP contribution is -2.32. The summed E-state index contributed by atoms with van der Waals surface area (Å²) in [5.74, 6) is -2.93. The molecule has 1 amide bonds. The number of carbonyl (C=O) groups is 2. The summed E-state index contributed by atoms with van der Waals surface area (Å²) in [6.45, 7) is 0.594. The molecule has 6 nitrogen and oxygen atoms in total. The molecule has 2 N–H and O–H groups in total. The van der Waals surface area contributed by atoms with Crippen molar-refractivity contribution in [3.05, 3.63) is 51.7 Å². The van der Waals surface area contributed by atoms with Gasteiger partial charge in [-0.3, -0.25) is 9.59 Å². The van der Waals surface area contributed by atoms with Gasteiger partial charge in [-0.2, -0.15) is 0 Å². The number of halogens is 1. The van der Waals surface area contributed by atoms with Crippen LogP contribution in [0.4, 0.5) is 4.39 Å². The van der Waals surface area contributed by atoms with Crippen molar-refractivity contribution in [2.24, 2.45) is 0 Å². The second-order valence-corrected chi connectivity index (χ2v) is 6.61. The fraction of sp³-hybridized carbons (Fsp3) is 0.353. The van der Waals surface area contributed by atoms with Crippen LogP contribution in [0.3, 0.4) is 0 Å². The van der Waals surface area contributed by atoms with E-state index in [0.29, 0.717) is 12.2 Å². The monoisotopic (exact) mass is 364 g/mol. The number of aliphatic carboxylic acids is 1. The summed E-state index contributed by atoms with van der Waals surface area (Å²) >= 11 is 1.36. The molecule has 132 valence electrons. The lowest BCUT2D eigenvalue weighted by molar-refractivity contribution is -0.138. The molecule has 0 spiro atoms. The van der Waals surface area contributed by atoms with Crippen molar-refractivity contribution < 1.29 is 23.8 Å². The summed E-state index contributed by atoms with van der Waals surface area (Å²) in [6.07, 6.45) is 1.81. The Labute approximate surface area is 147 Å². The number of aromatic nitrogens is 1. The van der Waals surface area contributed by atoms with E-state index < -0.39 is 23.6 Å². The highest BCUT2D eigenvalue weighted by Gasteiger charge is 2.24. The van der Waals surface area contributed by atoms with Crippen molar-refractivity contribution in [1.29, 1.82) is 0 Å². The molecular weight excluding hydrogens is 347 g/mol. The van der Waals surface area contributed by atoms with Crippen LogP contribution in [0, 0.1) is 5.82 Å². The molecule has 1 aromatic carbocycles. The summed E-state index contributed by atoms with van der Waals surface area (Å²) in [5.41, 5.74) is 0.672. The van der Waals surface area contributed by atoms with Gasteiger partial charge in [0.1, 0.15) is 22.6 Å². The lowest BCUT2D eigenvalue weighted by atomic mass is 9.99. The SMILES string of the molecule is O=C(NCC(C(=O)O)c1ccc(F)cc1)c1csc(C2CCCO2)n1. The van der Waals surface area contributed by atoms with E-state index in [2.05, 4.69) is 10.3 Å². The molecule has 1 saturated heterocycles. The summed E-state index contributed by atoms with van der Waals surface area (Å²) in [7, 11) is 0. The smallest absolute Gasteiger partial charge is 0.312 e. The molecule has 1 aliphatic rings. The Morgan fingerprint density at radius 2 is 2.16 bits per heavy atom. The van der Waals surface area contributed by atoms with Gasteiger partial charge >= 0.3 is 5.97 Å². The third-order valence-electron chi connectivity index (χ3n) is 4.00. The number of amides is 1. The van der Waals surface area contributed by atoms with Crippen molar-refractivity contribution in [1.82, 2.24) is 10.3 Å². The van der Waals surface area contributed by atoms with Crippen LogP contribution in [0.1, 0.15) is 45.9 Å². The normalized spacial score (nSPS) is 18.0. The van der Waals surface area contributed by atoms with Crippen LogP contribution in [0.2, 0.25) is 0 Å². The molecule has 0 bridgehead atoms. The topological polar surface area (TPSA) is 88.5 Å². The maximum atomic E-state index is 13.0. The Morgan fingerprint density at radius 1 is 1.40 bits per heavy atom. The first-order valence-electron chi connectivity index (χ1n) is 7.88. The Balaban J connectivity index is 1.63. The van der Waals surface area contributed by atoms with Crippen LogP contribution < -0.4 is 5.32 Å². The number of nitrogens with one attached hydrogen (secondary N) is 1. The molecule has 2 unspecified atom stereocenters. The van der Waals surface area contributed by atoms with E-state index in [-0.39, 0.29) is 18.3 Å². The summed E-state index contributed by atoms with van der Waals surface area (Å²) in [4.78, 5) is 27.9. The fourth-order valence-electron chi connectivity index (χ4n) is 2.64. The van der Waals surface area contributed by atoms with Gasteiger partial charge in [-0.25, -0.2) is 9.37 Å². The summed E-state index contributed by atoms with van der Waals surface area (Å²) < 4.78 is 18.5. The zero-order chi connectivity index (χ0) is 17.8. The number of rotatable bonds is 6. The number of ether oxygens (including phenoxy) is 1. The minimum Gasteiger partial charge on any atom is -0.481 e. The molecule has 2 atom stereocenters. The van der Waals surface area contributed by atoms with E-state index in [1.165, 1.54) is 35.6 Å². The molecule has 2 heterocycles. The Hall–Kier alpha value is -2.32. The number of thiazole rings is 1. The van der Waals surface area contributed by atoms with E-state index in [9.17, 15) is 19.1 Å². The van der Waals surface area contributed by atoms with Crippen LogP contribution in [0.25, 0.3) is 0 Å². The Morgan fingerprint density at radius 3 is 2.80 bits per heavy atom. The molecule has 3 rings (SSSR count). The average molecular weight is 364 g/mol. The molecule has 2 aromatic rings. The van der Waals surface area contributed by atoms with E-state index in [1.54, 1.807) is 5.38 Å². The van der Waals surface area contributed by atoms with Gasteiger partial charge in [-0.1, -0.05) is 12.1 Å². The molecule has 0 saturated carbocycles. The minimum absolute atomic E-state index is 0.0578. The minimum atomic E-state index is -1.09. The van der Waals surface area contributed by atoms with E-state index >= 15 is 0 Å². The van der Waals surface area contributed by atoms with Crippen molar-refractivity contribution in [2.75, 3.05) is 13.2 Å². The molecule has 0 aliphatic carbocycles. The average Bonchev–Trinajstić information content (AvgIpc) is 3.27. The first-order valence-corrected chi connectivity index (χ1v) is 8.76. The molecular formula is C17H17FN2O4S. The van der Waals surface area contributed by atoms with E-state index in [1.807, 2.05) is 0 Å². The second kappa shape index (κ2) is 7.71. The maximum Gasteiger partial charge on any atom is 0.312 e. The largest absolute Gasteiger partial charge is 0.481 e. The summed E-state index contributed by atoms with van der Waals surface area (Å²) in [6, 6.07) is 5.19. The summed E-state index contributed by atoms with van der Waals surface area (Å²) in [5, 5.41) is 14.3. The van der Waals surface area contributed by atoms with Gasteiger partial charge < -0.3 is 15.2 Å². The molecule has 25 heavy (non-hydrogen) atoms. The Bertz CT molecular complexity index is 756. The lowest BCUT2D eigenvalue weighted by Gasteiger charge is -2.13. The number of benzene rings is 1. The number of hydrogen-bond donors (Lipinski definition) is 2. The van der Waals surface area contributed by atoms with Crippen molar-refractivity contribution in [3.63, 3.8) is 0 Å². The van der Waals surface area contributed by atoms with Crippen LogP contribution in [0.15, 0.2) is 29.6 Å². The highest BCUT2D eigenvalue weighted by Crippen LogP contribution is 2.30. The van der Waals surface area contributed by atoms with Crippen LogP contribution in [-0.2, 0) is 9.53 Å². The number of hydrogen-bond acceptors (Lipinski definition) is 5. The Kier molecular flexibility index (Phi) is 5.40. The van der Waals surface area contributed by atoms with Gasteiger partial charge in [-0.05, 0) is 30.5 Å². The van der Waals surface area contributed by atoms with Crippen molar-refractivity contribution >= 4 is 23.2 Å². The predicted octanol–water partition coefficient (Wildman–Crippen LogP) is 2.73. The first kappa shape index (κ1) is 17.5. The van der Waals surface area contributed by atoms with Gasteiger partial charge in [0.15, 0.2) is 0 Å². The van der Waals surface area contributed by atoms with Gasteiger partial charge in [0, 0.05) is 18.5 Å². The number of carbonyl (C=O) groups excluding carboxylic acids is 1. The quantitative estimate of drug-likeness (QED) is 0.823. The fourth-order valence-corrected chi connectivity index (χ4v) is 3.52. The van der Waals surface area contributed by atoms with Gasteiger partial charge in [-0.15, -0.1) is 11.3 Å². The number of nitrogens with zero attached hydrogens (tertiary/aromatic N) is 1. The first-order chi connectivity index (χ1) is 12.0. The number of carboxylic acid groups (broad SMARTS) is 1. The van der Waals surface area contributed by atoms with Crippen LogP contribution in [0.5, 0.6) is 0 Å². The zero-order valence-electron chi connectivity index (χ0n) is 13.3. The molecule has 1 fully saturated rings. The highest BCUT2D eigenvalue weighted by atomic mass is 32.1. The third kappa shape index (κ3) is 4.21. The predicted molar refractivity (Wildman–Crippen MR) is 89.2 cm³/mol. The highest BCUT2D eigenvalue weighted by molar-refractivity contribution is 7.09. The molecule has 1 aliphatic heterocycles. The van der Waals surface area contributed by atoms with Gasteiger partial charge in [0.25, 0.3) is 5.91 Å². The van der Waals surface area contributed by atoms with E-state index in [4.69, 9.17) is 4.74 Å². The molecule has 0 radical (unpaired) electrons. The number of carboxylic acids is 1. The van der Waals surface area contributed by atoms with Gasteiger partial charge in [0.2, 0.25) is 0 Å². The van der Waals surface area contributed by atoms with Crippen molar-refractivity contribution in [2.45, 2.75) is 24.9 Å². The second-order valence-electron chi connectivity index (χ2n) is 5.73. The molecule has 1 aromatic heterocycles. The zero-order valence-corrected chi connectivity index (χ0v) is 14.1. The van der Waals surface area contributed by atoms with Crippen molar-refractivity contribution in [3.8, 4) is 0 Å². The molecule has 8 heteroatoms. The maximum absolute atomic E-state index is 13.0. The third-order valence-corrected chi connectivity index (χ3v) is 4.93. The van der Waals surface area contributed by atoms with Crippen LogP contribution in [-0.4, -0.2) is 35.1 Å². The van der Waals surface area contributed by atoms with E-state index in [0.717, 1.165) is 17.8 Å². The van der Waals surface area contributed by atoms with Gasteiger partial charge in [0.05, 0.1) is 5.92 Å².